The maximum absolute atomic E-state index is 12.9. The molecular weight excluding hydrogens is 677 g/mol. The average molecular weight is 708 g/mol. The minimum Gasteiger partial charge on any atom is -0.419 e. The van der Waals surface area contributed by atoms with E-state index < -0.39 is 23.5 Å². The van der Waals surface area contributed by atoms with Crippen molar-refractivity contribution in [3.05, 3.63) is 71.9 Å². The minimum atomic E-state index is -4.86. The topological polar surface area (TPSA) is 66.9 Å². The van der Waals surface area contributed by atoms with Crippen molar-refractivity contribution >= 4 is 18.1 Å². The Morgan fingerprint density at radius 1 is 1.13 bits per heavy atom. The standard InChI is InChI=1S/C20H27N2O2.C8H3F4O2.Yb/c1-15(2)13-18(23)22-11-9-20(10-12-22)17(14-21(3)19(20)24)16-7-5-4-6-8-16;9-7-2-1-6(3-5(7)4-13)14-8(10,11)12;/h4-8,13,15,17H,9-12,14H2,1-3H3;1-3H;/q2*-1;+2. The van der Waals surface area contributed by atoms with Crippen LogP contribution in [-0.4, -0.2) is 60.9 Å². The smallest absolute Gasteiger partial charge is 0.419 e. The minimum absolute atomic E-state index is 0. The maximum Gasteiger partial charge on any atom is 2.00 e. The summed E-state index contributed by atoms with van der Waals surface area (Å²) in [6, 6.07) is 12.4. The van der Waals surface area contributed by atoms with Crippen LogP contribution < -0.4 is 4.74 Å². The molecule has 0 radical (unpaired) electrons. The number of likely N-dealkylation sites (tertiary alicyclic amines) is 2. The monoisotopic (exact) mass is 708 g/mol. The SMILES string of the molecule is CC(C)[CH-]C(=O)N1CCC2(CC1)C(=O)N(C)CC2c1ccccc1.O=[C-]c1cc(OC(F)(F)F)ccc1F.[Yb+2]. The number of carbonyl (C=O) groups excluding carboxylic acids is 3. The molecule has 2 aromatic carbocycles. The quantitative estimate of drug-likeness (QED) is 0.328. The Hall–Kier alpha value is -2.04. The van der Waals surface area contributed by atoms with E-state index in [1.54, 1.807) is 6.42 Å². The third-order valence-electron chi connectivity index (χ3n) is 6.82. The van der Waals surface area contributed by atoms with Crippen LogP contribution in [0.3, 0.4) is 0 Å². The van der Waals surface area contributed by atoms with E-state index in [2.05, 4.69) is 16.9 Å². The molecule has 2 aromatic rings. The zero-order chi connectivity index (χ0) is 28.1. The number of benzene rings is 2. The largest absolute Gasteiger partial charge is 2.00 e. The second-order valence-corrected chi connectivity index (χ2v) is 9.83. The summed E-state index contributed by atoms with van der Waals surface area (Å²) in [6.45, 7) is 6.15. The van der Waals surface area contributed by atoms with Gasteiger partial charge in [-0.1, -0.05) is 50.2 Å². The molecule has 0 bridgehead atoms. The number of nitrogens with zero attached hydrogens (tertiary/aromatic N) is 2. The van der Waals surface area contributed by atoms with E-state index in [0.29, 0.717) is 25.2 Å². The summed E-state index contributed by atoms with van der Waals surface area (Å²) in [4.78, 5) is 39.0. The first kappa shape index (κ1) is 33.2. The molecule has 2 saturated heterocycles. The molecule has 0 saturated carbocycles. The van der Waals surface area contributed by atoms with Crippen LogP contribution in [0.2, 0.25) is 0 Å². The van der Waals surface area contributed by atoms with E-state index in [0.717, 1.165) is 31.7 Å². The molecule has 11 heteroatoms. The normalized spacial score (nSPS) is 18.3. The second-order valence-electron chi connectivity index (χ2n) is 9.83. The van der Waals surface area contributed by atoms with Gasteiger partial charge in [-0.15, -0.1) is 24.8 Å². The Balaban J connectivity index is 0.000000306. The van der Waals surface area contributed by atoms with Gasteiger partial charge in [-0.3, -0.25) is 9.18 Å². The number of amides is 2. The van der Waals surface area contributed by atoms with Gasteiger partial charge in [0.1, 0.15) is 0 Å². The summed E-state index contributed by atoms with van der Waals surface area (Å²) >= 11 is 0. The Labute approximate surface area is 264 Å². The van der Waals surface area contributed by atoms with Gasteiger partial charge in [0.05, 0.1) is 23.4 Å². The summed E-state index contributed by atoms with van der Waals surface area (Å²) in [5.74, 6) is -0.773. The zero-order valence-electron chi connectivity index (χ0n) is 21.7. The zero-order valence-corrected chi connectivity index (χ0v) is 23.4. The van der Waals surface area contributed by atoms with Gasteiger partial charge in [-0.05, 0) is 24.5 Å². The average Bonchev–Trinajstić information content (AvgIpc) is 3.10. The van der Waals surface area contributed by atoms with Gasteiger partial charge in [0, 0.05) is 38.4 Å². The van der Waals surface area contributed by atoms with E-state index in [4.69, 9.17) is 0 Å². The second kappa shape index (κ2) is 14.0. The Kier molecular flexibility index (Phi) is 11.9. The van der Waals surface area contributed by atoms with Gasteiger partial charge in [-0.2, -0.15) is 5.92 Å². The van der Waals surface area contributed by atoms with Crippen molar-refractivity contribution in [2.75, 3.05) is 26.7 Å². The van der Waals surface area contributed by atoms with E-state index >= 15 is 0 Å². The van der Waals surface area contributed by atoms with Crippen LogP contribution in [0.25, 0.3) is 0 Å². The van der Waals surface area contributed by atoms with Crippen molar-refractivity contribution in [1.29, 1.82) is 0 Å². The van der Waals surface area contributed by atoms with Gasteiger partial charge in [0.15, 0.2) is 0 Å². The summed E-state index contributed by atoms with van der Waals surface area (Å²) < 4.78 is 51.0. The molecule has 2 heterocycles. The van der Waals surface area contributed by atoms with Crippen LogP contribution in [-0.2, 0) is 14.4 Å². The molecular formula is C28H30F4N2O4Yb. The van der Waals surface area contributed by atoms with E-state index in [1.807, 2.05) is 48.9 Å². The predicted octanol–water partition coefficient (Wildman–Crippen LogP) is 4.89. The predicted molar refractivity (Wildman–Crippen MR) is 132 cm³/mol. The van der Waals surface area contributed by atoms with Gasteiger partial charge in [0.2, 0.25) is 5.91 Å². The van der Waals surface area contributed by atoms with Gasteiger partial charge >= 0.3 is 53.3 Å². The molecule has 0 aliphatic carbocycles. The number of alkyl halides is 3. The van der Waals surface area contributed by atoms with Crippen LogP contribution in [0.1, 0.15) is 43.7 Å². The van der Waals surface area contributed by atoms with Crippen molar-refractivity contribution < 1.29 is 83.6 Å². The first-order valence-corrected chi connectivity index (χ1v) is 12.2. The fourth-order valence-corrected chi connectivity index (χ4v) is 5.03. The maximum atomic E-state index is 12.9. The van der Waals surface area contributed by atoms with Crippen LogP contribution >= 0.6 is 0 Å². The number of halogens is 4. The van der Waals surface area contributed by atoms with Crippen molar-refractivity contribution in [3.8, 4) is 5.75 Å². The molecule has 0 aromatic heterocycles. The first-order chi connectivity index (χ1) is 17.9. The molecule has 2 aliphatic heterocycles. The van der Waals surface area contributed by atoms with Gasteiger partial charge in [0.25, 0.3) is 0 Å². The third-order valence-corrected chi connectivity index (χ3v) is 6.82. The van der Waals surface area contributed by atoms with Gasteiger partial charge in [-0.25, -0.2) is 0 Å². The summed E-state index contributed by atoms with van der Waals surface area (Å²) in [5, 5.41) is 0. The van der Waals surface area contributed by atoms with Crippen molar-refractivity contribution in [3.63, 3.8) is 0 Å². The Morgan fingerprint density at radius 2 is 1.74 bits per heavy atom. The van der Waals surface area contributed by atoms with E-state index in [1.165, 1.54) is 5.56 Å². The number of piperidine rings is 1. The van der Waals surface area contributed by atoms with Crippen molar-refractivity contribution in [2.45, 2.75) is 39.0 Å². The summed E-state index contributed by atoms with van der Waals surface area (Å²) in [7, 11) is 1.90. The molecule has 2 amide bonds. The third kappa shape index (κ3) is 8.47. The van der Waals surface area contributed by atoms with Gasteiger partial charge < -0.3 is 30.5 Å². The molecule has 218 valence electrons. The number of carbonyl (C=O) groups is 2. The summed E-state index contributed by atoms with van der Waals surface area (Å²) in [6.07, 6.45) is -0.426. The molecule has 0 N–H and O–H groups in total. The molecule has 2 fully saturated rings. The van der Waals surface area contributed by atoms with E-state index in [9.17, 15) is 31.9 Å². The molecule has 39 heavy (non-hydrogen) atoms. The fraction of sp³-hybridized carbons (Fsp3) is 0.429. The Bertz CT molecular complexity index is 1140. The van der Waals surface area contributed by atoms with Crippen LogP contribution in [0.5, 0.6) is 5.75 Å². The van der Waals surface area contributed by atoms with E-state index in [-0.39, 0.29) is 76.0 Å². The van der Waals surface area contributed by atoms with Crippen molar-refractivity contribution in [2.24, 2.45) is 11.3 Å². The molecule has 1 spiro atoms. The molecule has 6 nitrogen and oxygen atoms in total. The molecule has 1 unspecified atom stereocenters. The fourth-order valence-electron chi connectivity index (χ4n) is 5.03. The van der Waals surface area contributed by atoms with Crippen LogP contribution in [0, 0.1) is 70.5 Å². The van der Waals surface area contributed by atoms with Crippen LogP contribution in [0.4, 0.5) is 17.6 Å². The number of ether oxygens (including phenoxy) is 1. The van der Waals surface area contributed by atoms with Crippen molar-refractivity contribution in [1.82, 2.24) is 9.80 Å². The Morgan fingerprint density at radius 3 is 2.28 bits per heavy atom. The number of hydrogen-bond acceptors (Lipinski definition) is 4. The summed E-state index contributed by atoms with van der Waals surface area (Å²) in [5.41, 5.74) is 0.292. The van der Waals surface area contributed by atoms with Crippen LogP contribution in [0.15, 0.2) is 48.5 Å². The molecule has 4 rings (SSSR count). The number of likely N-dealkylation sites (N-methyl/N-ethyl adjacent to an activating group) is 1. The first-order valence-electron chi connectivity index (χ1n) is 12.2. The number of rotatable bonds is 5. The number of hydrogen-bond donors (Lipinski definition) is 0. The molecule has 2 aliphatic rings. The molecule has 1 atom stereocenters.